The van der Waals surface area contributed by atoms with Crippen LogP contribution in [0.3, 0.4) is 0 Å². The molecule has 4 heteroatoms. The molecule has 0 aliphatic rings. The summed E-state index contributed by atoms with van der Waals surface area (Å²) < 4.78 is 2.30. The van der Waals surface area contributed by atoms with Gasteiger partial charge in [-0.05, 0) is 120 Å². The minimum absolute atomic E-state index is 0.0763. The first-order chi connectivity index (χ1) is 32.1. The SMILES string of the molecule is CC(C)(C)c1cc(-c2cc(-c3ccc(-c4ccccc4)cc3)ccn2)cc(-c2cccc3c2nc(-c2cc(C(C)(C)C)cc(C(C)(C)C)c2O)n3-c2ccc(C(C)(C)C)cc2-c2ccccc2)c1. The fourth-order valence-electron chi connectivity index (χ4n) is 9.23. The highest BCUT2D eigenvalue weighted by atomic mass is 16.3. The number of hydrogen-bond donors (Lipinski definition) is 1. The molecule has 0 fully saturated rings. The molecule has 2 aromatic heterocycles. The molecule has 68 heavy (non-hydrogen) atoms. The smallest absolute Gasteiger partial charge is 0.149 e. The van der Waals surface area contributed by atoms with Crippen LogP contribution in [0.2, 0.25) is 0 Å². The van der Waals surface area contributed by atoms with E-state index in [-0.39, 0.29) is 27.4 Å². The Bertz CT molecular complexity index is 3290. The van der Waals surface area contributed by atoms with Gasteiger partial charge in [-0.15, -0.1) is 0 Å². The Labute approximate surface area is 404 Å². The van der Waals surface area contributed by atoms with Crippen LogP contribution < -0.4 is 0 Å². The highest BCUT2D eigenvalue weighted by Gasteiger charge is 2.30. The summed E-state index contributed by atoms with van der Waals surface area (Å²) in [5, 5.41) is 12.6. The molecule has 1 N–H and O–H groups in total. The van der Waals surface area contributed by atoms with Crippen molar-refractivity contribution in [1.82, 2.24) is 14.5 Å². The fraction of sp³-hybridized carbons (Fsp3) is 0.250. The number of phenols is 1. The summed E-state index contributed by atoms with van der Waals surface area (Å²) in [4.78, 5) is 10.7. The zero-order valence-electron chi connectivity index (χ0n) is 42.0. The van der Waals surface area contributed by atoms with Crippen molar-refractivity contribution in [2.45, 2.75) is 105 Å². The molecule has 0 unspecified atom stereocenters. The number of aromatic hydroxyl groups is 1. The molecular weight excluding hydrogens is 827 g/mol. The molecule has 9 aromatic rings. The first kappa shape index (κ1) is 46.1. The largest absolute Gasteiger partial charge is 0.507 e. The van der Waals surface area contributed by atoms with Gasteiger partial charge in [0, 0.05) is 28.5 Å². The third-order valence-electron chi connectivity index (χ3n) is 13.4. The molecule has 4 nitrogen and oxygen atoms in total. The van der Waals surface area contributed by atoms with Gasteiger partial charge in [-0.3, -0.25) is 9.55 Å². The van der Waals surface area contributed by atoms with Gasteiger partial charge in [0.2, 0.25) is 0 Å². The first-order valence-electron chi connectivity index (χ1n) is 24.0. The van der Waals surface area contributed by atoms with Gasteiger partial charge in [0.25, 0.3) is 0 Å². The van der Waals surface area contributed by atoms with Crippen molar-refractivity contribution in [2.24, 2.45) is 0 Å². The number of fused-ring (bicyclic) bond motifs is 1. The Morgan fingerprint density at radius 1 is 0.397 bits per heavy atom. The topological polar surface area (TPSA) is 50.9 Å². The lowest BCUT2D eigenvalue weighted by Crippen LogP contribution is -2.17. The first-order valence-corrected chi connectivity index (χ1v) is 24.0. The van der Waals surface area contributed by atoms with Crippen LogP contribution in [0.4, 0.5) is 0 Å². The van der Waals surface area contributed by atoms with E-state index in [2.05, 4.69) is 251 Å². The maximum atomic E-state index is 12.6. The number of rotatable bonds is 7. The average molecular weight is 892 g/mol. The van der Waals surface area contributed by atoms with Gasteiger partial charge in [0.05, 0.1) is 28.0 Å². The number of benzene rings is 7. The van der Waals surface area contributed by atoms with Gasteiger partial charge in [-0.2, -0.15) is 0 Å². The molecule has 0 spiro atoms. The number of pyridine rings is 1. The molecule has 0 bridgehead atoms. The van der Waals surface area contributed by atoms with E-state index >= 15 is 0 Å². The zero-order chi connectivity index (χ0) is 48.3. The van der Waals surface area contributed by atoms with Crippen molar-refractivity contribution in [3.05, 3.63) is 192 Å². The Morgan fingerprint density at radius 3 is 1.57 bits per heavy atom. The molecule has 0 radical (unpaired) electrons. The monoisotopic (exact) mass is 892 g/mol. The Balaban J connectivity index is 1.30. The molecule has 0 saturated heterocycles. The van der Waals surface area contributed by atoms with E-state index in [0.29, 0.717) is 11.4 Å². The molecule has 0 saturated carbocycles. The minimum Gasteiger partial charge on any atom is -0.507 e. The fourth-order valence-corrected chi connectivity index (χ4v) is 9.23. The summed E-state index contributed by atoms with van der Waals surface area (Å²) in [6.45, 7) is 26.8. The van der Waals surface area contributed by atoms with E-state index < -0.39 is 0 Å². The molecule has 0 aliphatic carbocycles. The third kappa shape index (κ3) is 9.05. The predicted molar refractivity (Wildman–Crippen MR) is 288 cm³/mol. The second kappa shape index (κ2) is 17.2. The van der Waals surface area contributed by atoms with E-state index in [0.717, 1.165) is 72.5 Å². The third-order valence-corrected chi connectivity index (χ3v) is 13.4. The summed E-state index contributed by atoms with van der Waals surface area (Å²) >= 11 is 0. The normalized spacial score (nSPS) is 12.5. The minimum atomic E-state index is -0.327. The zero-order valence-corrected chi connectivity index (χ0v) is 42.0. The quantitative estimate of drug-likeness (QED) is 0.173. The number of imidazole rings is 1. The molecule has 2 heterocycles. The van der Waals surface area contributed by atoms with Crippen molar-refractivity contribution in [3.8, 4) is 78.6 Å². The van der Waals surface area contributed by atoms with E-state index in [1.165, 1.54) is 22.3 Å². The van der Waals surface area contributed by atoms with Crippen LogP contribution in [0.25, 0.3) is 83.9 Å². The van der Waals surface area contributed by atoms with Crippen LogP contribution in [0, 0.1) is 0 Å². The van der Waals surface area contributed by atoms with Gasteiger partial charge in [0.15, 0.2) is 0 Å². The molecule has 7 aromatic carbocycles. The maximum absolute atomic E-state index is 12.6. The van der Waals surface area contributed by atoms with E-state index in [1.807, 2.05) is 6.20 Å². The van der Waals surface area contributed by atoms with Crippen molar-refractivity contribution in [3.63, 3.8) is 0 Å². The van der Waals surface area contributed by atoms with Crippen LogP contribution in [-0.2, 0) is 21.7 Å². The van der Waals surface area contributed by atoms with E-state index in [4.69, 9.17) is 9.97 Å². The number of aromatic nitrogens is 3. The number of phenolic OH excluding ortho intramolecular Hbond substituents is 1. The Hall–Kier alpha value is -7.04. The lowest BCUT2D eigenvalue weighted by atomic mass is 9.79. The molecule has 0 amide bonds. The van der Waals surface area contributed by atoms with Crippen LogP contribution in [-0.4, -0.2) is 19.6 Å². The van der Waals surface area contributed by atoms with Crippen LogP contribution in [0.15, 0.2) is 170 Å². The van der Waals surface area contributed by atoms with E-state index in [9.17, 15) is 5.11 Å². The van der Waals surface area contributed by atoms with E-state index in [1.54, 1.807) is 0 Å². The Kier molecular flexibility index (Phi) is 11.7. The molecule has 342 valence electrons. The van der Waals surface area contributed by atoms with Crippen molar-refractivity contribution in [2.75, 3.05) is 0 Å². The van der Waals surface area contributed by atoms with Crippen molar-refractivity contribution in [1.29, 1.82) is 0 Å². The maximum Gasteiger partial charge on any atom is 0.149 e. The van der Waals surface area contributed by atoms with Gasteiger partial charge in [-0.25, -0.2) is 4.98 Å². The lowest BCUT2D eigenvalue weighted by molar-refractivity contribution is 0.446. The average Bonchev–Trinajstić information content (AvgIpc) is 3.70. The number of hydrogen-bond acceptors (Lipinski definition) is 3. The summed E-state index contributed by atoms with van der Waals surface area (Å²) in [7, 11) is 0. The summed E-state index contributed by atoms with van der Waals surface area (Å²) in [6, 6.07) is 58.9. The van der Waals surface area contributed by atoms with Gasteiger partial charge >= 0.3 is 0 Å². The molecular formula is C64H65N3O. The number of nitrogens with zero attached hydrogens (tertiary/aromatic N) is 3. The summed E-state index contributed by atoms with van der Waals surface area (Å²) in [5.74, 6) is 0.955. The number of para-hydroxylation sites is 1. The highest BCUT2D eigenvalue weighted by molar-refractivity contribution is 5.98. The molecule has 9 rings (SSSR count). The van der Waals surface area contributed by atoms with Gasteiger partial charge < -0.3 is 5.11 Å². The van der Waals surface area contributed by atoms with Gasteiger partial charge in [-0.1, -0.05) is 198 Å². The standard InChI is InChI=1S/C64H65N3O/c1-61(2,3)48-30-31-56(52(38-48)44-22-17-14-18-23-44)67-57-25-19-24-51(58(57)66-60(67)53-39-50(63(7,8)9)40-54(59(53)68)64(10,11)12)46-34-47(36-49(35-46)62(4,5)6)55-37-45(32-33-65-55)43-28-26-42(27-29-43)41-20-15-13-16-21-41/h13-40,68H,1-12H3. The van der Waals surface area contributed by atoms with Crippen molar-refractivity contribution < 1.29 is 5.11 Å². The molecule has 0 aliphatic heterocycles. The summed E-state index contributed by atoms with van der Waals surface area (Å²) in [5.41, 5.74) is 18.2. The lowest BCUT2D eigenvalue weighted by Gasteiger charge is -2.28. The van der Waals surface area contributed by atoms with Gasteiger partial charge in [0.1, 0.15) is 11.6 Å². The van der Waals surface area contributed by atoms with Crippen LogP contribution >= 0.6 is 0 Å². The molecule has 0 atom stereocenters. The van der Waals surface area contributed by atoms with Crippen LogP contribution in [0.5, 0.6) is 5.75 Å². The van der Waals surface area contributed by atoms with Crippen LogP contribution in [0.1, 0.15) is 105 Å². The van der Waals surface area contributed by atoms with Crippen molar-refractivity contribution >= 4 is 11.0 Å². The summed E-state index contributed by atoms with van der Waals surface area (Å²) in [6.07, 6.45) is 1.92. The Morgan fingerprint density at radius 2 is 0.956 bits per heavy atom. The second-order valence-corrected chi connectivity index (χ2v) is 22.6. The highest BCUT2D eigenvalue weighted by Crippen LogP contribution is 2.46. The predicted octanol–water partition coefficient (Wildman–Crippen LogP) is 17.3. The second-order valence-electron chi connectivity index (χ2n) is 22.6.